The first-order chi connectivity index (χ1) is 25.4. The van der Waals surface area contributed by atoms with E-state index in [0.717, 1.165) is 64.2 Å². The third kappa shape index (κ3) is 36.6. The molecule has 0 saturated heterocycles. The number of aliphatic hydroxyl groups excluding tert-OH is 1. The second-order valence-corrected chi connectivity index (χ2v) is 15.3. The zero-order valence-corrected chi connectivity index (χ0v) is 34.2. The third-order valence-electron chi connectivity index (χ3n) is 8.82. The van der Waals surface area contributed by atoms with Gasteiger partial charge in [-0.25, -0.2) is 4.57 Å². The number of amides is 1. The Morgan fingerprint density at radius 1 is 0.635 bits per heavy atom. The molecule has 0 aromatic rings. The van der Waals surface area contributed by atoms with Crippen LogP contribution in [0.25, 0.3) is 0 Å². The van der Waals surface area contributed by atoms with Crippen molar-refractivity contribution in [3.63, 3.8) is 0 Å². The van der Waals surface area contributed by atoms with Crippen LogP contribution in [0.2, 0.25) is 0 Å². The highest BCUT2D eigenvalue weighted by Crippen LogP contribution is 2.43. The van der Waals surface area contributed by atoms with Crippen LogP contribution in [0.1, 0.15) is 174 Å². The molecule has 0 aliphatic heterocycles. The van der Waals surface area contributed by atoms with E-state index in [0.29, 0.717) is 6.42 Å². The molecule has 0 fully saturated rings. The number of phosphoric acid groups is 1. The van der Waals surface area contributed by atoms with E-state index in [1.54, 1.807) is 6.08 Å². The second-order valence-electron chi connectivity index (χ2n) is 13.8. The summed E-state index contributed by atoms with van der Waals surface area (Å²) in [4.78, 5) is 22.7. The van der Waals surface area contributed by atoms with Crippen LogP contribution in [0.15, 0.2) is 60.8 Å². The number of carbonyl (C=O) groups is 1. The van der Waals surface area contributed by atoms with Crippen molar-refractivity contribution in [2.24, 2.45) is 5.73 Å². The lowest BCUT2D eigenvalue weighted by molar-refractivity contribution is -0.123. The Kier molecular flexibility index (Phi) is 37.6. The molecule has 0 heterocycles. The van der Waals surface area contributed by atoms with E-state index >= 15 is 0 Å². The van der Waals surface area contributed by atoms with Crippen molar-refractivity contribution in [2.75, 3.05) is 19.8 Å². The fourth-order valence-electron chi connectivity index (χ4n) is 5.62. The van der Waals surface area contributed by atoms with Crippen molar-refractivity contribution >= 4 is 13.7 Å². The molecule has 0 spiro atoms. The van der Waals surface area contributed by atoms with Crippen molar-refractivity contribution in [2.45, 2.75) is 187 Å². The normalized spacial score (nSPS) is 14.8. The zero-order chi connectivity index (χ0) is 38.2. The van der Waals surface area contributed by atoms with Crippen LogP contribution in [0.5, 0.6) is 0 Å². The number of allylic oxidation sites excluding steroid dienone is 9. The van der Waals surface area contributed by atoms with Gasteiger partial charge in [0.1, 0.15) is 0 Å². The lowest BCUT2D eigenvalue weighted by Gasteiger charge is -2.23. The molecule has 0 saturated carbocycles. The standard InChI is InChI=1S/C43H79N2O6P/c1-3-5-7-9-11-13-15-17-19-20-21-22-23-25-27-29-31-33-35-37-43(47)45-41(40-51-52(48,49)50-39-38-44)42(46)36-34-32-30-28-26-24-18-16-14-12-10-8-6-4-2/h11,13,17,19,21-22,26,28,34,36,41-42,46H,3-10,12,14-16,18,20,23-25,27,29-33,35,37-40,44H2,1-2H3,(H,45,47)(H,48,49)/b13-11-,19-17-,22-21-,28-26+,36-34+. The van der Waals surface area contributed by atoms with Crippen molar-refractivity contribution < 1.29 is 28.4 Å². The highest BCUT2D eigenvalue weighted by molar-refractivity contribution is 7.47. The number of hydrogen-bond acceptors (Lipinski definition) is 6. The number of aliphatic hydroxyl groups is 1. The molecule has 0 rings (SSSR count). The number of nitrogens with one attached hydrogen (secondary N) is 1. The summed E-state index contributed by atoms with van der Waals surface area (Å²) < 4.78 is 22.1. The fourth-order valence-corrected chi connectivity index (χ4v) is 6.38. The van der Waals surface area contributed by atoms with Gasteiger partial charge in [0.15, 0.2) is 0 Å². The minimum atomic E-state index is -4.35. The summed E-state index contributed by atoms with van der Waals surface area (Å²) in [5.41, 5.74) is 5.36. The summed E-state index contributed by atoms with van der Waals surface area (Å²) in [5.74, 6) is -0.220. The number of unbranched alkanes of at least 4 members (excludes halogenated alkanes) is 18. The van der Waals surface area contributed by atoms with Crippen molar-refractivity contribution in [1.29, 1.82) is 0 Å². The molecule has 0 aliphatic carbocycles. The number of hydrogen-bond donors (Lipinski definition) is 4. The van der Waals surface area contributed by atoms with E-state index in [9.17, 15) is 19.4 Å². The van der Waals surface area contributed by atoms with Gasteiger partial charge in [0.2, 0.25) is 5.91 Å². The van der Waals surface area contributed by atoms with E-state index in [2.05, 4.69) is 67.8 Å². The van der Waals surface area contributed by atoms with Crippen LogP contribution in [-0.2, 0) is 18.4 Å². The Hall–Kier alpha value is -1.80. The fraction of sp³-hybridized carbons (Fsp3) is 0.744. The molecule has 9 heteroatoms. The summed E-state index contributed by atoms with van der Waals surface area (Å²) in [5, 5.41) is 13.6. The van der Waals surface area contributed by atoms with Gasteiger partial charge in [-0.15, -0.1) is 0 Å². The van der Waals surface area contributed by atoms with Gasteiger partial charge in [-0.1, -0.05) is 158 Å². The molecular weight excluding hydrogens is 671 g/mol. The second kappa shape index (κ2) is 38.9. The largest absolute Gasteiger partial charge is 0.472 e. The first kappa shape index (κ1) is 50.2. The van der Waals surface area contributed by atoms with E-state index in [-0.39, 0.29) is 25.7 Å². The van der Waals surface area contributed by atoms with E-state index < -0.39 is 20.0 Å². The van der Waals surface area contributed by atoms with Crippen LogP contribution in [0.3, 0.4) is 0 Å². The Morgan fingerprint density at radius 2 is 1.08 bits per heavy atom. The van der Waals surface area contributed by atoms with Crippen LogP contribution in [-0.4, -0.2) is 47.8 Å². The molecule has 302 valence electrons. The topological polar surface area (TPSA) is 131 Å². The maximum Gasteiger partial charge on any atom is 0.472 e. The maximum absolute atomic E-state index is 12.7. The number of phosphoric ester groups is 1. The Labute approximate surface area is 319 Å². The first-order valence-electron chi connectivity index (χ1n) is 20.9. The average Bonchev–Trinajstić information content (AvgIpc) is 3.13. The van der Waals surface area contributed by atoms with Gasteiger partial charge < -0.3 is 21.1 Å². The zero-order valence-electron chi connectivity index (χ0n) is 33.3. The number of carbonyl (C=O) groups excluding carboxylic acids is 1. The molecule has 1 amide bonds. The molecule has 0 bridgehead atoms. The molecule has 52 heavy (non-hydrogen) atoms. The van der Waals surface area contributed by atoms with Gasteiger partial charge in [-0.2, -0.15) is 0 Å². The average molecular weight is 751 g/mol. The van der Waals surface area contributed by atoms with Gasteiger partial charge in [-0.3, -0.25) is 13.8 Å². The molecule has 0 aromatic carbocycles. The Balaban J connectivity index is 4.32. The predicted molar refractivity (Wildman–Crippen MR) is 221 cm³/mol. The third-order valence-corrected chi connectivity index (χ3v) is 9.80. The highest BCUT2D eigenvalue weighted by atomic mass is 31.2. The van der Waals surface area contributed by atoms with Crippen molar-refractivity contribution in [3.8, 4) is 0 Å². The quantitative estimate of drug-likeness (QED) is 0.0281. The smallest absolute Gasteiger partial charge is 0.387 e. The first-order valence-corrected chi connectivity index (χ1v) is 22.4. The van der Waals surface area contributed by atoms with Gasteiger partial charge in [0.25, 0.3) is 0 Å². The summed E-state index contributed by atoms with van der Waals surface area (Å²) in [7, 11) is -4.35. The molecule has 0 aromatic heterocycles. The van der Waals surface area contributed by atoms with Crippen LogP contribution in [0.4, 0.5) is 0 Å². The minimum Gasteiger partial charge on any atom is -0.387 e. The van der Waals surface area contributed by atoms with Crippen LogP contribution >= 0.6 is 7.82 Å². The number of rotatable bonds is 38. The van der Waals surface area contributed by atoms with E-state index in [1.165, 1.54) is 89.9 Å². The summed E-state index contributed by atoms with van der Waals surface area (Å²) in [6, 6.07) is -0.885. The monoisotopic (exact) mass is 751 g/mol. The SMILES string of the molecule is CCCCC/C=C\C/C=C\C/C=C\CCCCCCCCC(=O)NC(COP(=O)(O)OCCN)C(O)/C=C/CC/C=C/CCCCCCCCCC. The molecular formula is C43H79N2O6P. The van der Waals surface area contributed by atoms with E-state index in [4.69, 9.17) is 14.8 Å². The lowest BCUT2D eigenvalue weighted by atomic mass is 10.1. The Bertz CT molecular complexity index is 996. The Morgan fingerprint density at radius 3 is 1.65 bits per heavy atom. The molecule has 0 aliphatic rings. The van der Waals surface area contributed by atoms with Crippen LogP contribution < -0.4 is 11.1 Å². The van der Waals surface area contributed by atoms with Gasteiger partial charge >= 0.3 is 7.82 Å². The van der Waals surface area contributed by atoms with Gasteiger partial charge in [0, 0.05) is 13.0 Å². The van der Waals surface area contributed by atoms with Gasteiger partial charge in [-0.05, 0) is 70.6 Å². The molecule has 5 N–H and O–H groups in total. The minimum absolute atomic E-state index is 0.0691. The molecule has 0 radical (unpaired) electrons. The molecule has 8 nitrogen and oxygen atoms in total. The highest BCUT2D eigenvalue weighted by Gasteiger charge is 2.26. The predicted octanol–water partition coefficient (Wildman–Crippen LogP) is 11.5. The maximum atomic E-state index is 12.7. The molecule has 3 atom stereocenters. The van der Waals surface area contributed by atoms with Gasteiger partial charge in [0.05, 0.1) is 25.4 Å². The van der Waals surface area contributed by atoms with Crippen LogP contribution in [0, 0.1) is 0 Å². The van der Waals surface area contributed by atoms with Crippen molar-refractivity contribution in [3.05, 3.63) is 60.8 Å². The summed E-state index contributed by atoms with van der Waals surface area (Å²) in [6.07, 6.45) is 48.3. The summed E-state index contributed by atoms with van der Waals surface area (Å²) in [6.45, 7) is 4.05. The molecule has 3 unspecified atom stereocenters. The summed E-state index contributed by atoms with van der Waals surface area (Å²) >= 11 is 0. The lowest BCUT2D eigenvalue weighted by Crippen LogP contribution is -2.45. The van der Waals surface area contributed by atoms with Crippen molar-refractivity contribution in [1.82, 2.24) is 5.32 Å². The number of nitrogens with two attached hydrogens (primary N) is 1. The van der Waals surface area contributed by atoms with E-state index in [1.807, 2.05) is 6.08 Å².